The van der Waals surface area contributed by atoms with Crippen LogP contribution in [0.3, 0.4) is 0 Å². The van der Waals surface area contributed by atoms with E-state index in [9.17, 15) is 62.9 Å². The number of nitrogens with zero attached hydrogens (tertiary/aromatic N) is 5. The maximum atomic E-state index is 13.0. The number of aryl methyl sites for hydroxylation is 2. The summed E-state index contributed by atoms with van der Waals surface area (Å²) >= 11 is 11.9. The number of phenolic OH excluding ortho intramolecular Hbond substituents is 3. The number of ether oxygens (including phenoxy) is 6. The highest BCUT2D eigenvalue weighted by Crippen LogP contribution is 2.49. The molecule has 35 heteroatoms. The van der Waals surface area contributed by atoms with Crippen LogP contribution in [0.5, 0.6) is 51.7 Å². The number of piperidine rings is 1. The highest BCUT2D eigenvalue weighted by Gasteiger charge is 2.37. The monoisotopic (exact) mass is 2030 g/mol. The van der Waals surface area contributed by atoms with Gasteiger partial charge in [-0.3, -0.25) is 33.8 Å². The lowest BCUT2D eigenvalue weighted by molar-refractivity contribution is -0.114. The van der Waals surface area contributed by atoms with Crippen LogP contribution in [-0.2, 0) is 27.8 Å². The number of sulfonamides is 1. The van der Waals surface area contributed by atoms with E-state index in [1.807, 2.05) is 111 Å². The number of nitrogens with two attached hydrogens (primary N) is 4. The van der Waals surface area contributed by atoms with Crippen LogP contribution in [0.25, 0.3) is 82.2 Å². The maximum absolute atomic E-state index is 13.0. The molecule has 1 unspecified atom stereocenters. The molecule has 4 aliphatic heterocycles. The van der Waals surface area contributed by atoms with Crippen LogP contribution in [0.1, 0.15) is 134 Å². The molecule has 32 nitrogen and oxygen atoms in total. The number of hydrogen-bond acceptors (Lipinski definition) is 28. The highest BCUT2D eigenvalue weighted by atomic mass is 35.5. The number of carbonyl (C=O) groups is 4. The minimum atomic E-state index is -3.49. The molecule has 12 aromatic carbocycles. The Morgan fingerprint density at radius 3 is 1.99 bits per heavy atom. The summed E-state index contributed by atoms with van der Waals surface area (Å²) in [5, 5.41) is 64.2. The van der Waals surface area contributed by atoms with Crippen molar-refractivity contribution in [1.82, 2.24) is 29.5 Å². The number of aromatic hydroxyl groups is 3. The van der Waals surface area contributed by atoms with Crippen LogP contribution < -0.4 is 78.3 Å². The fraction of sp³-hybridized carbons (Fsp3) is 0.179. The summed E-state index contributed by atoms with van der Waals surface area (Å²) in [4.78, 5) is 87.6. The Hall–Kier alpha value is -17.4. The molecule has 0 saturated carbocycles. The van der Waals surface area contributed by atoms with Crippen molar-refractivity contribution in [2.24, 2.45) is 5.73 Å². The number of hydrogen-bond donors (Lipinski definition) is 12. The van der Waals surface area contributed by atoms with Crippen LogP contribution in [-0.4, -0.2) is 134 Å². The molecular formula is C112H100ClN13O19S2. The number of nitriles is 1. The first-order valence-corrected chi connectivity index (χ1v) is 49.1. The third-order valence-electron chi connectivity index (χ3n) is 25.4. The molecular weight excluding hydrogens is 1930 g/mol. The number of pyridine rings is 3. The van der Waals surface area contributed by atoms with E-state index in [0.717, 1.165) is 91.2 Å². The summed E-state index contributed by atoms with van der Waals surface area (Å²) in [5.41, 5.74) is 36.6. The van der Waals surface area contributed by atoms with Crippen molar-refractivity contribution in [1.29, 1.82) is 5.26 Å². The molecule has 0 bridgehead atoms. The first kappa shape index (κ1) is 101. The number of benzene rings is 11. The number of anilines is 6. The number of phenols is 3. The van der Waals surface area contributed by atoms with E-state index in [4.69, 9.17) is 79.6 Å². The third-order valence-corrected chi connectivity index (χ3v) is 28.1. The second-order valence-corrected chi connectivity index (χ2v) is 37.7. The number of ketones is 3. The summed E-state index contributed by atoms with van der Waals surface area (Å²) in [5.74, 6) is 4.17. The molecule has 746 valence electrons. The number of H-pyrrole nitrogens is 1. The number of aliphatic hydroxyl groups is 1. The van der Waals surface area contributed by atoms with Crippen molar-refractivity contribution in [2.45, 2.75) is 84.6 Å². The molecule has 4 aromatic heterocycles. The summed E-state index contributed by atoms with van der Waals surface area (Å²) in [6.07, 6.45) is 5.11. The van der Waals surface area contributed by atoms with Crippen LogP contribution >= 0.6 is 23.8 Å². The summed E-state index contributed by atoms with van der Waals surface area (Å²) in [6.45, 7) is 17.5. The molecule has 16 aromatic rings. The number of nitrogen functional groups attached to an aromatic ring is 3. The predicted molar refractivity (Wildman–Crippen MR) is 570 cm³/mol. The number of aliphatic hydroxyl groups excluding tert-OH is 1. The number of thiocarbonyl (C=S) groups is 1. The van der Waals surface area contributed by atoms with Crippen molar-refractivity contribution >= 4 is 156 Å². The van der Waals surface area contributed by atoms with E-state index in [2.05, 4.69) is 49.6 Å². The molecule has 16 N–H and O–H groups in total. The van der Waals surface area contributed by atoms with Gasteiger partial charge in [0, 0.05) is 158 Å². The Kier molecular flexibility index (Phi) is 29.6. The van der Waals surface area contributed by atoms with Gasteiger partial charge in [0.2, 0.25) is 29.5 Å². The first-order chi connectivity index (χ1) is 70.7. The molecule has 1 fully saturated rings. The highest BCUT2D eigenvalue weighted by molar-refractivity contribution is 7.89. The van der Waals surface area contributed by atoms with Gasteiger partial charge in [0.15, 0.2) is 62.4 Å². The minimum absolute atomic E-state index is 0.0459. The topological polar surface area (TPSA) is 498 Å². The molecule has 8 heterocycles. The number of aromatic amines is 1. The molecule has 1 amide bonds. The number of fused-ring (bicyclic) bond motifs is 9. The number of nitrogens with one attached hydrogen (secondary N) is 4. The predicted octanol–water partition coefficient (Wildman–Crippen LogP) is 19.0. The lowest BCUT2D eigenvalue weighted by atomic mass is 9.81. The van der Waals surface area contributed by atoms with Gasteiger partial charge in [-0.1, -0.05) is 110 Å². The quantitative estimate of drug-likeness (QED) is 0.0185. The lowest BCUT2D eigenvalue weighted by Gasteiger charge is -2.27. The number of aromatic nitrogens is 3. The van der Waals surface area contributed by atoms with E-state index in [1.165, 1.54) is 31.2 Å². The molecule has 1 atom stereocenters. The van der Waals surface area contributed by atoms with Gasteiger partial charge in [-0.15, -0.1) is 0 Å². The average Bonchev–Trinajstić information content (AvgIpc) is 1.74. The lowest BCUT2D eigenvalue weighted by Crippen LogP contribution is -2.41. The van der Waals surface area contributed by atoms with Crippen molar-refractivity contribution < 1.29 is 80.9 Å². The van der Waals surface area contributed by atoms with E-state index in [-0.39, 0.29) is 99.9 Å². The van der Waals surface area contributed by atoms with Crippen LogP contribution in [0.15, 0.2) is 261 Å². The largest absolute Gasteiger partial charge is 0.508 e. The first-order valence-electron chi connectivity index (χ1n) is 46.9. The van der Waals surface area contributed by atoms with E-state index in [1.54, 1.807) is 127 Å². The zero-order chi connectivity index (χ0) is 104. The number of allylic oxidation sites excluding steroid dienone is 2. The molecule has 22 rings (SSSR count). The number of Topliss-reactive ketones (excluding diaryl/α,β-unsaturated/α-hetero) is 1. The van der Waals surface area contributed by atoms with Gasteiger partial charge < -0.3 is 102 Å². The standard InChI is InChI=1S/C23H19N3O2.C21H14ClN3O3.C19H18O5.C17H17NO3S.C16H19N3O4S.C16H13N3O2/c1-15(27)25-17-8-10-18(11-9-17)26-22-14-24-23(16-6-12-19(28)13-7-16)21-5-3-2-4-20(21)22;1-10-15(8-23)20(13-3-2-12(24)6-17(13)28-10)14-4-11-5-18-19(27-9-26-18)7-16(11)25-21(14)22;1-4-23-17-9-13(12-5-6-14(20)15(21)7-12)8-16(22)18-10(2)24-11(3)19(17)18;19-15-11-12-7-8-16(14-6-4-5-13(15)17(12)14)22(20,21)18-9-2-1-3-10-18;1-2-17-16(24)19(3-4-20)8-11-5-10-6-13-14(23-9-22-13)7-12(10)18-15(11)21;1-7(17)10-6-11(18)12-13(14(10)19)16(21)9-5-3-2-4-8(9)15(12)20/h2-14,26,28H,1H3,(H,25,27);2-7,20H,9,24H2,1H3;5-9,20-21H,4H2,1-3H3;4-8H,1-3,9-11H2;5-7,20H,2-4,8-9H2,1H3,(H,17,24)(H,18,21);2-6H,1,17-19H2. The fourth-order valence-electron chi connectivity index (χ4n) is 18.5. The number of carbonyl (C=O) groups excluding carboxylic acids is 4. The number of furan rings is 1. The van der Waals surface area contributed by atoms with Crippen molar-refractivity contribution in [3.05, 3.63) is 335 Å². The van der Waals surface area contributed by atoms with Gasteiger partial charge in [-0.05, 0) is 197 Å². The van der Waals surface area contributed by atoms with Gasteiger partial charge in [0.05, 0.1) is 98.4 Å². The second kappa shape index (κ2) is 43.1. The Bertz CT molecular complexity index is 8400. The van der Waals surface area contributed by atoms with Crippen LogP contribution in [0.2, 0.25) is 5.15 Å². The summed E-state index contributed by atoms with van der Waals surface area (Å²) in [6, 6.07) is 65.9. The molecule has 6 aliphatic rings. The minimum Gasteiger partial charge on any atom is -0.508 e. The van der Waals surface area contributed by atoms with Crippen molar-refractivity contribution in [3.8, 4) is 80.2 Å². The Morgan fingerprint density at radius 2 is 1.32 bits per heavy atom. The maximum Gasteiger partial charge on any atom is 0.253 e. The van der Waals surface area contributed by atoms with Crippen molar-refractivity contribution in [3.63, 3.8) is 0 Å². The summed E-state index contributed by atoms with van der Waals surface area (Å²) in [7, 11) is -3.49. The van der Waals surface area contributed by atoms with Gasteiger partial charge >= 0.3 is 0 Å². The zero-order valence-corrected chi connectivity index (χ0v) is 82.9. The Morgan fingerprint density at radius 1 is 0.673 bits per heavy atom. The van der Waals surface area contributed by atoms with Gasteiger partial charge in [-0.25, -0.2) is 13.4 Å². The van der Waals surface area contributed by atoms with Gasteiger partial charge in [0.25, 0.3) is 5.56 Å². The van der Waals surface area contributed by atoms with Crippen LogP contribution in [0, 0.1) is 25.2 Å². The third kappa shape index (κ3) is 21.0. The summed E-state index contributed by atoms with van der Waals surface area (Å²) < 4.78 is 66.3. The smallest absolute Gasteiger partial charge is 0.253 e. The van der Waals surface area contributed by atoms with E-state index in [0.29, 0.717) is 190 Å². The number of amides is 1. The normalized spacial score (nSPS) is 13.8. The molecule has 147 heavy (non-hydrogen) atoms. The SMILES string of the molecule is C=C(N)c1cc(N)c2c(c1N)C(=O)c1ccccc1C2=O.CC(=O)Nc1ccc(Nc2cnc(-c3ccc(O)cc3)c3ccccc23)cc1.CC1=C(C#N)C(c2cc3cc4c(cc3nc2Cl)OCO4)c2ccc(N)cc2O1.CCNC(=S)N(CCO)Cc1cc2cc3c(cc2[nH]c1=O)OCO3.CCOc1cc(-c2ccc(O)c(O)c2)cc(=O)c2c(C)oc(C)c12.O=C1Cc2ccc(S(=O)(=O)N3CCCCC3)c3cccc1c23. The zero-order valence-electron chi connectivity index (χ0n) is 80.5. The number of halogens is 1. The van der Waals surface area contributed by atoms with E-state index < -0.39 is 15.9 Å². The van der Waals surface area contributed by atoms with Crippen molar-refractivity contribution in [2.75, 3.05) is 80.8 Å². The molecule has 2 aliphatic carbocycles. The molecule has 0 spiro atoms. The molecule has 1 saturated heterocycles. The van der Waals surface area contributed by atoms with Gasteiger partial charge in [0.1, 0.15) is 39.7 Å². The van der Waals surface area contributed by atoms with Gasteiger partial charge in [-0.2, -0.15) is 9.57 Å². The average molecular weight is 2030 g/mol. The Balaban J connectivity index is 0.000000121. The number of rotatable bonds is 16. The van der Waals surface area contributed by atoms with E-state index >= 15 is 0 Å². The second-order valence-electron chi connectivity index (χ2n) is 35.1. The molecule has 0 radical (unpaired) electrons. The Labute approximate surface area is 853 Å². The fourth-order valence-corrected chi connectivity index (χ4v) is 20.7. The van der Waals surface area contributed by atoms with Crippen LogP contribution in [0.4, 0.5) is 34.1 Å².